The first-order valence-electron chi connectivity index (χ1n) is 7.60. The van der Waals surface area contributed by atoms with Gasteiger partial charge in [0.1, 0.15) is 17.7 Å². The van der Waals surface area contributed by atoms with E-state index >= 15 is 0 Å². The van der Waals surface area contributed by atoms with Crippen LogP contribution in [-0.4, -0.2) is 37.8 Å². The van der Waals surface area contributed by atoms with Gasteiger partial charge in [0, 0.05) is 38.0 Å². The molecule has 1 aliphatic heterocycles. The second-order valence-corrected chi connectivity index (χ2v) is 5.35. The molecule has 0 aromatic carbocycles. The number of aliphatic hydroxyl groups excluding tert-OH is 1. The first-order valence-corrected chi connectivity index (χ1v) is 7.60. The minimum Gasteiger partial charge on any atom is -0.390 e. The van der Waals surface area contributed by atoms with Gasteiger partial charge in [-0.3, -0.25) is 4.98 Å². The number of ether oxygens (including phenoxy) is 1. The Balaban J connectivity index is 1.66. The molecule has 2 aromatic heterocycles. The molecule has 22 heavy (non-hydrogen) atoms. The van der Waals surface area contributed by atoms with Crippen LogP contribution in [0.3, 0.4) is 0 Å². The summed E-state index contributed by atoms with van der Waals surface area (Å²) in [6.45, 7) is 4.37. The molecule has 0 saturated carbocycles. The van der Waals surface area contributed by atoms with Gasteiger partial charge in [0.2, 0.25) is 0 Å². The highest BCUT2D eigenvalue weighted by atomic mass is 16.5. The Bertz CT molecular complexity index is 615. The molecule has 3 rings (SSSR count). The summed E-state index contributed by atoms with van der Waals surface area (Å²) in [5.41, 5.74) is 0.561. The van der Waals surface area contributed by atoms with E-state index in [1.54, 1.807) is 12.4 Å². The molecule has 118 valence electrons. The lowest BCUT2D eigenvalue weighted by molar-refractivity contribution is 0.0832. The van der Waals surface area contributed by atoms with Gasteiger partial charge in [0.05, 0.1) is 24.7 Å². The van der Waals surface area contributed by atoms with Gasteiger partial charge in [-0.1, -0.05) is 0 Å². The van der Waals surface area contributed by atoms with Crippen molar-refractivity contribution >= 4 is 5.82 Å². The van der Waals surface area contributed by atoms with Gasteiger partial charge >= 0.3 is 0 Å². The van der Waals surface area contributed by atoms with E-state index in [4.69, 9.17) is 9.84 Å². The normalized spacial score (nSPS) is 21.2. The Hall–Kier alpha value is -1.99. The van der Waals surface area contributed by atoms with Crippen molar-refractivity contribution in [3.63, 3.8) is 0 Å². The number of nitrogens with one attached hydrogen (secondary N) is 1. The average molecular weight is 303 g/mol. The molecule has 0 bridgehead atoms. The van der Waals surface area contributed by atoms with E-state index in [9.17, 15) is 0 Å². The third-order valence-electron chi connectivity index (χ3n) is 3.95. The zero-order chi connectivity index (χ0) is 15.4. The molecular formula is C15H21N5O2. The molecular weight excluding hydrogens is 282 g/mol. The third kappa shape index (κ3) is 3.10. The maximum Gasteiger partial charge on any atom is 0.144 e. The first-order chi connectivity index (χ1) is 10.8. The molecule has 1 saturated heterocycles. The molecule has 2 N–H and O–H groups in total. The van der Waals surface area contributed by atoms with Crippen molar-refractivity contribution in [2.75, 3.05) is 18.5 Å². The van der Waals surface area contributed by atoms with Crippen LogP contribution < -0.4 is 5.32 Å². The van der Waals surface area contributed by atoms with Gasteiger partial charge in [0.15, 0.2) is 0 Å². The smallest absolute Gasteiger partial charge is 0.144 e. The van der Waals surface area contributed by atoms with Crippen LogP contribution in [-0.2, 0) is 17.9 Å². The number of nitrogens with zero attached hydrogens (tertiary/aromatic N) is 4. The molecule has 0 spiro atoms. The summed E-state index contributed by atoms with van der Waals surface area (Å²) in [7, 11) is 0. The SMILES string of the molecule is CCn1ccnc1[C@@H]1OCC[C@H]1CNc1cncc(CO)n1. The molecule has 0 amide bonds. The molecule has 7 heteroatoms. The lowest BCUT2D eigenvalue weighted by Crippen LogP contribution is -2.21. The van der Waals surface area contributed by atoms with Gasteiger partial charge < -0.3 is 19.7 Å². The van der Waals surface area contributed by atoms with E-state index in [1.165, 1.54) is 0 Å². The summed E-state index contributed by atoms with van der Waals surface area (Å²) in [4.78, 5) is 12.8. The van der Waals surface area contributed by atoms with Crippen LogP contribution in [0.1, 0.15) is 31.0 Å². The van der Waals surface area contributed by atoms with E-state index in [1.807, 2.05) is 12.4 Å². The van der Waals surface area contributed by atoms with Gasteiger partial charge in [-0.05, 0) is 13.3 Å². The quantitative estimate of drug-likeness (QED) is 0.838. The number of imidazole rings is 1. The van der Waals surface area contributed by atoms with Crippen LogP contribution in [0.25, 0.3) is 0 Å². The predicted molar refractivity (Wildman–Crippen MR) is 81.1 cm³/mol. The molecule has 2 atom stereocenters. The molecule has 2 aromatic rings. The fourth-order valence-corrected chi connectivity index (χ4v) is 2.78. The molecule has 0 unspecified atom stereocenters. The highest BCUT2D eigenvalue weighted by Crippen LogP contribution is 2.33. The summed E-state index contributed by atoms with van der Waals surface area (Å²) in [5, 5.41) is 12.4. The number of hydrogen-bond acceptors (Lipinski definition) is 6. The van der Waals surface area contributed by atoms with Gasteiger partial charge in [-0.15, -0.1) is 0 Å². The van der Waals surface area contributed by atoms with Crippen molar-refractivity contribution in [2.45, 2.75) is 32.6 Å². The summed E-state index contributed by atoms with van der Waals surface area (Å²) in [6, 6.07) is 0. The van der Waals surface area contributed by atoms with E-state index < -0.39 is 0 Å². The number of aromatic nitrogens is 4. The van der Waals surface area contributed by atoms with Crippen LogP contribution in [0.15, 0.2) is 24.8 Å². The molecule has 0 aliphatic carbocycles. The minimum absolute atomic E-state index is 0.0106. The van der Waals surface area contributed by atoms with Gasteiger partial charge in [-0.2, -0.15) is 0 Å². The van der Waals surface area contributed by atoms with Crippen molar-refractivity contribution < 1.29 is 9.84 Å². The summed E-state index contributed by atoms with van der Waals surface area (Å²) in [6.07, 6.45) is 8.03. The van der Waals surface area contributed by atoms with Crippen LogP contribution in [0.2, 0.25) is 0 Å². The fraction of sp³-hybridized carbons (Fsp3) is 0.533. The van der Waals surface area contributed by atoms with Crippen molar-refractivity contribution in [1.29, 1.82) is 0 Å². The fourth-order valence-electron chi connectivity index (χ4n) is 2.78. The standard InChI is InChI=1S/C15H21N5O2/c1-2-20-5-4-17-15(20)14-11(3-6-22-14)7-18-13-9-16-8-12(10-21)19-13/h4-5,8-9,11,14,21H,2-3,6-7,10H2,1H3,(H,18,19)/t11-,14+/m0/s1. The van der Waals surface area contributed by atoms with Gasteiger partial charge in [0.25, 0.3) is 0 Å². The average Bonchev–Trinajstić information content (AvgIpc) is 3.21. The number of hydrogen-bond donors (Lipinski definition) is 2. The summed E-state index contributed by atoms with van der Waals surface area (Å²) in [5.74, 6) is 2.00. The minimum atomic E-state index is -0.106. The lowest BCUT2D eigenvalue weighted by Gasteiger charge is -2.19. The Morgan fingerprint density at radius 1 is 1.45 bits per heavy atom. The highest BCUT2D eigenvalue weighted by Gasteiger charge is 2.32. The van der Waals surface area contributed by atoms with Crippen LogP contribution in [0, 0.1) is 5.92 Å². The van der Waals surface area contributed by atoms with E-state index in [-0.39, 0.29) is 12.7 Å². The zero-order valence-electron chi connectivity index (χ0n) is 12.6. The molecule has 1 fully saturated rings. The summed E-state index contributed by atoms with van der Waals surface area (Å²) < 4.78 is 8.01. The Morgan fingerprint density at radius 2 is 2.36 bits per heavy atom. The monoisotopic (exact) mass is 303 g/mol. The van der Waals surface area contributed by atoms with Crippen LogP contribution >= 0.6 is 0 Å². The number of aryl methyl sites for hydroxylation is 1. The van der Waals surface area contributed by atoms with Crippen LogP contribution in [0.5, 0.6) is 0 Å². The first kappa shape index (κ1) is 14.9. The number of anilines is 1. The number of rotatable bonds is 6. The molecule has 1 aliphatic rings. The lowest BCUT2D eigenvalue weighted by atomic mass is 10.0. The Labute approximate surface area is 129 Å². The second kappa shape index (κ2) is 6.85. The third-order valence-corrected chi connectivity index (χ3v) is 3.95. The largest absolute Gasteiger partial charge is 0.390 e. The Morgan fingerprint density at radius 3 is 3.18 bits per heavy atom. The number of aliphatic hydroxyl groups is 1. The van der Waals surface area contributed by atoms with Crippen molar-refractivity contribution in [3.8, 4) is 0 Å². The van der Waals surface area contributed by atoms with Crippen molar-refractivity contribution in [1.82, 2.24) is 19.5 Å². The molecule has 0 radical (unpaired) electrons. The van der Waals surface area contributed by atoms with Crippen molar-refractivity contribution in [3.05, 3.63) is 36.3 Å². The molecule has 3 heterocycles. The topological polar surface area (TPSA) is 85.1 Å². The highest BCUT2D eigenvalue weighted by molar-refractivity contribution is 5.31. The van der Waals surface area contributed by atoms with Crippen LogP contribution in [0.4, 0.5) is 5.82 Å². The zero-order valence-corrected chi connectivity index (χ0v) is 12.6. The summed E-state index contributed by atoms with van der Waals surface area (Å²) >= 11 is 0. The maximum atomic E-state index is 9.11. The van der Waals surface area contributed by atoms with E-state index in [0.29, 0.717) is 17.4 Å². The van der Waals surface area contributed by atoms with Gasteiger partial charge in [-0.25, -0.2) is 9.97 Å². The second-order valence-electron chi connectivity index (χ2n) is 5.35. The predicted octanol–water partition coefficient (Wildman–Crippen LogP) is 1.37. The van der Waals surface area contributed by atoms with E-state index in [0.717, 1.165) is 31.9 Å². The maximum absolute atomic E-state index is 9.11. The molecule has 7 nitrogen and oxygen atoms in total. The van der Waals surface area contributed by atoms with E-state index in [2.05, 4.69) is 31.8 Å². The van der Waals surface area contributed by atoms with Crippen molar-refractivity contribution in [2.24, 2.45) is 5.92 Å². The Kier molecular flexibility index (Phi) is 4.65.